The SMILES string of the molecule is Cl.NCC(NC(=O)CSc1ccc(F)c(F)c1)C1CC1. The van der Waals surface area contributed by atoms with Gasteiger partial charge >= 0.3 is 0 Å². The molecule has 20 heavy (non-hydrogen) atoms. The number of hydrogen-bond donors (Lipinski definition) is 2. The minimum Gasteiger partial charge on any atom is -0.351 e. The Balaban J connectivity index is 0.00000200. The van der Waals surface area contributed by atoms with Crippen LogP contribution in [0.1, 0.15) is 12.8 Å². The predicted molar refractivity (Wildman–Crippen MR) is 78.0 cm³/mol. The van der Waals surface area contributed by atoms with Crippen molar-refractivity contribution in [2.45, 2.75) is 23.8 Å². The minimum atomic E-state index is -0.900. The van der Waals surface area contributed by atoms with Crippen LogP contribution in [-0.2, 0) is 4.79 Å². The highest BCUT2D eigenvalue weighted by atomic mass is 35.5. The summed E-state index contributed by atoms with van der Waals surface area (Å²) >= 11 is 1.18. The largest absolute Gasteiger partial charge is 0.351 e. The first-order valence-corrected chi connectivity index (χ1v) is 7.16. The van der Waals surface area contributed by atoms with E-state index in [0.717, 1.165) is 25.0 Å². The van der Waals surface area contributed by atoms with Gasteiger partial charge in [-0.1, -0.05) is 0 Å². The van der Waals surface area contributed by atoms with Crippen molar-refractivity contribution in [2.24, 2.45) is 11.7 Å². The summed E-state index contributed by atoms with van der Waals surface area (Å²) in [4.78, 5) is 12.2. The Morgan fingerprint density at radius 3 is 2.65 bits per heavy atom. The van der Waals surface area contributed by atoms with E-state index in [1.807, 2.05) is 0 Å². The van der Waals surface area contributed by atoms with Crippen LogP contribution in [0.15, 0.2) is 23.1 Å². The van der Waals surface area contributed by atoms with Gasteiger partial charge in [0.2, 0.25) is 5.91 Å². The van der Waals surface area contributed by atoms with Gasteiger partial charge in [0.1, 0.15) is 0 Å². The number of carbonyl (C=O) groups is 1. The molecule has 3 N–H and O–H groups in total. The first kappa shape index (κ1) is 17.2. The molecule has 0 aliphatic heterocycles. The van der Waals surface area contributed by atoms with Crippen LogP contribution in [0.3, 0.4) is 0 Å². The average Bonchev–Trinajstić information content (AvgIpc) is 3.21. The quantitative estimate of drug-likeness (QED) is 0.790. The molecular formula is C13H17ClF2N2OS. The number of nitrogens with two attached hydrogens (primary N) is 1. The second kappa shape index (κ2) is 7.81. The summed E-state index contributed by atoms with van der Waals surface area (Å²) in [5.74, 6) is -1.23. The van der Waals surface area contributed by atoms with E-state index in [2.05, 4.69) is 5.32 Å². The summed E-state index contributed by atoms with van der Waals surface area (Å²) in [5, 5.41) is 2.87. The summed E-state index contributed by atoms with van der Waals surface area (Å²) in [6.45, 7) is 0.437. The van der Waals surface area contributed by atoms with Crippen LogP contribution in [0.25, 0.3) is 0 Å². The second-order valence-electron chi connectivity index (χ2n) is 4.61. The first-order valence-electron chi connectivity index (χ1n) is 6.17. The minimum absolute atomic E-state index is 0. The fourth-order valence-electron chi connectivity index (χ4n) is 1.83. The van der Waals surface area contributed by atoms with Crippen molar-refractivity contribution < 1.29 is 13.6 Å². The zero-order valence-corrected chi connectivity index (χ0v) is 12.4. The van der Waals surface area contributed by atoms with E-state index in [-0.39, 0.29) is 30.1 Å². The Kier molecular flexibility index (Phi) is 6.71. The molecule has 1 saturated carbocycles. The van der Waals surface area contributed by atoms with E-state index in [1.54, 1.807) is 0 Å². The molecule has 2 rings (SSSR count). The number of amides is 1. The number of carbonyl (C=O) groups excluding carboxylic acids is 1. The van der Waals surface area contributed by atoms with Crippen LogP contribution in [-0.4, -0.2) is 24.2 Å². The topological polar surface area (TPSA) is 55.1 Å². The molecule has 0 aromatic heterocycles. The molecule has 0 heterocycles. The van der Waals surface area contributed by atoms with Crippen LogP contribution in [0.5, 0.6) is 0 Å². The molecule has 0 saturated heterocycles. The molecule has 1 aromatic rings. The van der Waals surface area contributed by atoms with Crippen LogP contribution < -0.4 is 11.1 Å². The number of thioether (sulfide) groups is 1. The Bertz CT molecular complexity index is 472. The number of rotatable bonds is 6. The molecule has 0 radical (unpaired) electrons. The highest BCUT2D eigenvalue weighted by Crippen LogP contribution is 2.32. The molecule has 1 amide bonds. The fraction of sp³-hybridized carbons (Fsp3) is 0.462. The molecular weight excluding hydrogens is 306 g/mol. The fourth-order valence-corrected chi connectivity index (χ4v) is 2.56. The maximum absolute atomic E-state index is 13.0. The Labute approximate surface area is 127 Å². The van der Waals surface area contributed by atoms with E-state index in [1.165, 1.54) is 17.8 Å². The first-order chi connectivity index (χ1) is 9.10. The molecule has 1 fully saturated rings. The lowest BCUT2D eigenvalue weighted by molar-refractivity contribution is -0.119. The molecule has 1 atom stereocenters. The third kappa shape index (κ3) is 4.92. The maximum Gasteiger partial charge on any atom is 0.230 e. The summed E-state index contributed by atoms with van der Waals surface area (Å²) < 4.78 is 25.7. The van der Waals surface area contributed by atoms with Gasteiger partial charge in [-0.25, -0.2) is 8.78 Å². The maximum atomic E-state index is 13.0. The normalized spacial score (nSPS) is 15.3. The van der Waals surface area contributed by atoms with Crippen LogP contribution >= 0.6 is 24.2 Å². The molecule has 1 aromatic carbocycles. The lowest BCUT2D eigenvalue weighted by atomic mass is 10.2. The molecule has 7 heteroatoms. The van der Waals surface area contributed by atoms with E-state index >= 15 is 0 Å². The van der Waals surface area contributed by atoms with E-state index in [9.17, 15) is 13.6 Å². The monoisotopic (exact) mass is 322 g/mol. The van der Waals surface area contributed by atoms with Crippen molar-refractivity contribution in [1.82, 2.24) is 5.32 Å². The number of benzene rings is 1. The standard InChI is InChI=1S/C13H16F2N2OS.ClH/c14-10-4-3-9(5-11(10)15)19-7-13(18)17-12(6-16)8-1-2-8;/h3-5,8,12H,1-2,6-7,16H2,(H,17,18);1H. The average molecular weight is 323 g/mol. The molecule has 1 aliphatic rings. The Hall–Kier alpha value is -0.850. The number of hydrogen-bond acceptors (Lipinski definition) is 3. The van der Waals surface area contributed by atoms with E-state index in [4.69, 9.17) is 5.73 Å². The van der Waals surface area contributed by atoms with Gasteiger partial charge in [0.15, 0.2) is 11.6 Å². The van der Waals surface area contributed by atoms with Crippen molar-refractivity contribution in [3.63, 3.8) is 0 Å². The Morgan fingerprint density at radius 2 is 2.10 bits per heavy atom. The lowest BCUT2D eigenvalue weighted by Gasteiger charge is -2.15. The zero-order valence-electron chi connectivity index (χ0n) is 10.8. The van der Waals surface area contributed by atoms with Gasteiger partial charge in [-0.3, -0.25) is 4.79 Å². The van der Waals surface area contributed by atoms with Crippen LogP contribution in [0.2, 0.25) is 0 Å². The van der Waals surface area contributed by atoms with Crippen molar-refractivity contribution in [3.8, 4) is 0 Å². The third-order valence-electron chi connectivity index (χ3n) is 3.05. The summed E-state index contributed by atoms with van der Waals surface area (Å²) in [6, 6.07) is 3.65. The van der Waals surface area contributed by atoms with Crippen molar-refractivity contribution in [1.29, 1.82) is 0 Å². The third-order valence-corrected chi connectivity index (χ3v) is 4.05. The summed E-state index contributed by atoms with van der Waals surface area (Å²) in [7, 11) is 0. The van der Waals surface area contributed by atoms with E-state index in [0.29, 0.717) is 17.4 Å². The molecule has 1 aliphatic carbocycles. The van der Waals surface area contributed by atoms with Gasteiger partial charge in [0, 0.05) is 17.5 Å². The molecule has 0 spiro atoms. The van der Waals surface area contributed by atoms with Crippen molar-refractivity contribution in [3.05, 3.63) is 29.8 Å². The van der Waals surface area contributed by atoms with Crippen LogP contribution in [0, 0.1) is 17.6 Å². The lowest BCUT2D eigenvalue weighted by Crippen LogP contribution is -2.42. The van der Waals surface area contributed by atoms with Gasteiger partial charge in [-0.05, 0) is 37.0 Å². The van der Waals surface area contributed by atoms with Crippen LogP contribution in [0.4, 0.5) is 8.78 Å². The van der Waals surface area contributed by atoms with Crippen molar-refractivity contribution in [2.75, 3.05) is 12.3 Å². The highest BCUT2D eigenvalue weighted by Gasteiger charge is 2.31. The zero-order chi connectivity index (χ0) is 13.8. The van der Waals surface area contributed by atoms with Gasteiger partial charge in [-0.2, -0.15) is 0 Å². The van der Waals surface area contributed by atoms with E-state index < -0.39 is 11.6 Å². The smallest absolute Gasteiger partial charge is 0.230 e. The molecule has 3 nitrogen and oxygen atoms in total. The van der Waals surface area contributed by atoms with Gasteiger partial charge in [0.25, 0.3) is 0 Å². The second-order valence-corrected chi connectivity index (χ2v) is 5.66. The molecule has 112 valence electrons. The number of halogens is 3. The predicted octanol–water partition coefficient (Wildman–Crippen LogP) is 2.33. The van der Waals surface area contributed by atoms with Gasteiger partial charge in [0.05, 0.1) is 5.75 Å². The summed E-state index contributed by atoms with van der Waals surface area (Å²) in [6.07, 6.45) is 2.22. The molecule has 0 bridgehead atoms. The van der Waals surface area contributed by atoms with Crippen molar-refractivity contribution >= 4 is 30.1 Å². The highest BCUT2D eigenvalue weighted by molar-refractivity contribution is 8.00. The summed E-state index contributed by atoms with van der Waals surface area (Å²) in [5.41, 5.74) is 5.59. The van der Waals surface area contributed by atoms with Gasteiger partial charge < -0.3 is 11.1 Å². The number of nitrogens with one attached hydrogen (secondary N) is 1. The molecule has 1 unspecified atom stereocenters. The van der Waals surface area contributed by atoms with Gasteiger partial charge in [-0.15, -0.1) is 24.2 Å². The Morgan fingerprint density at radius 1 is 1.40 bits per heavy atom.